The fourth-order valence-corrected chi connectivity index (χ4v) is 4.88. The predicted octanol–water partition coefficient (Wildman–Crippen LogP) is 5.71. The Bertz CT molecular complexity index is 672. The van der Waals surface area contributed by atoms with Crippen LogP contribution in [0.1, 0.15) is 71.9 Å². The van der Waals surface area contributed by atoms with Crippen molar-refractivity contribution in [3.63, 3.8) is 0 Å². The highest BCUT2D eigenvalue weighted by atomic mass is 16.1. The van der Waals surface area contributed by atoms with Crippen LogP contribution < -0.4 is 0 Å². The molecule has 26 heavy (non-hydrogen) atoms. The van der Waals surface area contributed by atoms with Crippen molar-refractivity contribution >= 4 is 17.2 Å². The fourth-order valence-electron chi connectivity index (χ4n) is 4.88. The molecule has 2 bridgehead atoms. The summed E-state index contributed by atoms with van der Waals surface area (Å²) in [5.41, 5.74) is 4.68. The highest BCUT2D eigenvalue weighted by Crippen LogP contribution is 2.54. The highest BCUT2D eigenvalue weighted by Gasteiger charge is 2.51. The summed E-state index contributed by atoms with van der Waals surface area (Å²) in [4.78, 5) is 11.2. The van der Waals surface area contributed by atoms with Crippen LogP contribution in [0.15, 0.2) is 34.5 Å². The maximum atomic E-state index is 11.2. The summed E-state index contributed by atoms with van der Waals surface area (Å²) in [6.45, 7) is 11.8. The van der Waals surface area contributed by atoms with Gasteiger partial charge in [-0.1, -0.05) is 52.0 Å². The largest absolute Gasteiger partial charge is 0.300 e. The molecule has 1 heterocycles. The van der Waals surface area contributed by atoms with E-state index in [9.17, 15) is 4.79 Å². The Morgan fingerprint density at radius 2 is 1.54 bits per heavy atom. The minimum atomic E-state index is 0.205. The molecule has 3 heteroatoms. The van der Waals surface area contributed by atoms with Gasteiger partial charge in [0.2, 0.25) is 0 Å². The molecule has 0 N–H and O–H groups in total. The second-order valence-electron chi connectivity index (χ2n) is 7.19. The molecule has 2 saturated carbocycles. The Hall–Kier alpha value is -1.77. The molecule has 3 aliphatic rings. The molecule has 0 aromatic heterocycles. The minimum Gasteiger partial charge on any atom is -0.300 e. The molecule has 4 rings (SSSR count). The van der Waals surface area contributed by atoms with Crippen molar-refractivity contribution in [2.45, 2.75) is 67.2 Å². The Morgan fingerprint density at radius 1 is 0.962 bits per heavy atom. The van der Waals surface area contributed by atoms with E-state index >= 15 is 0 Å². The number of Topliss-reactive ketones (excluding diaryl/α,β-unsaturated/α-hetero) is 1. The Balaban J connectivity index is 0.000000570. The van der Waals surface area contributed by atoms with Crippen LogP contribution in [-0.2, 0) is 11.2 Å². The maximum Gasteiger partial charge on any atom is 0.134 e. The van der Waals surface area contributed by atoms with E-state index in [0.717, 1.165) is 17.4 Å². The van der Waals surface area contributed by atoms with Crippen molar-refractivity contribution in [2.24, 2.45) is 33.9 Å². The quantitative estimate of drug-likeness (QED) is 0.685. The third kappa shape index (κ3) is 3.97. The first-order valence-corrected chi connectivity index (χ1v) is 10.3. The second kappa shape index (κ2) is 9.25. The molecular weight excluding hydrogens is 320 g/mol. The van der Waals surface area contributed by atoms with Crippen LogP contribution >= 0.6 is 0 Å². The van der Waals surface area contributed by atoms with Gasteiger partial charge in [-0.3, -0.25) is 4.79 Å². The lowest BCUT2D eigenvalue weighted by Gasteiger charge is -2.34. The SMILES string of the molecule is CC.CC.CC(=O)Cc1ccc(C2=NN=C(C)C3C4CCC(C4)C23)cc1. The lowest BCUT2D eigenvalue weighted by molar-refractivity contribution is -0.116. The summed E-state index contributed by atoms with van der Waals surface area (Å²) >= 11 is 0. The van der Waals surface area contributed by atoms with Gasteiger partial charge in [0, 0.05) is 24.0 Å². The van der Waals surface area contributed by atoms with Crippen molar-refractivity contribution in [2.75, 3.05) is 0 Å². The third-order valence-corrected chi connectivity index (χ3v) is 5.73. The molecule has 1 aliphatic heterocycles. The molecule has 142 valence electrons. The van der Waals surface area contributed by atoms with Gasteiger partial charge in [0.25, 0.3) is 0 Å². The molecular formula is C23H34N2O. The number of nitrogens with zero attached hydrogens (tertiary/aromatic N) is 2. The van der Waals surface area contributed by atoms with E-state index in [0.29, 0.717) is 18.3 Å². The van der Waals surface area contributed by atoms with Gasteiger partial charge in [-0.2, -0.15) is 10.2 Å². The van der Waals surface area contributed by atoms with Gasteiger partial charge >= 0.3 is 0 Å². The van der Waals surface area contributed by atoms with Crippen LogP contribution in [-0.4, -0.2) is 17.2 Å². The van der Waals surface area contributed by atoms with Crippen molar-refractivity contribution in [3.8, 4) is 0 Å². The average molecular weight is 355 g/mol. The normalized spacial score (nSPS) is 27.9. The molecule has 0 radical (unpaired) electrons. The van der Waals surface area contributed by atoms with E-state index in [1.165, 1.54) is 36.2 Å². The lowest BCUT2D eigenvalue weighted by Crippen LogP contribution is -2.36. The molecule has 4 atom stereocenters. The number of hydrogen-bond donors (Lipinski definition) is 0. The Labute approximate surface area is 159 Å². The molecule has 1 aromatic carbocycles. The molecule has 2 fully saturated rings. The van der Waals surface area contributed by atoms with E-state index in [1.54, 1.807) is 6.92 Å². The highest BCUT2D eigenvalue weighted by molar-refractivity contribution is 6.07. The van der Waals surface area contributed by atoms with Crippen LogP contribution in [0.25, 0.3) is 0 Å². The number of carbonyl (C=O) groups is 1. The first-order valence-electron chi connectivity index (χ1n) is 10.3. The van der Waals surface area contributed by atoms with E-state index in [-0.39, 0.29) is 5.78 Å². The summed E-state index contributed by atoms with van der Waals surface area (Å²) in [7, 11) is 0. The van der Waals surface area contributed by atoms with Gasteiger partial charge in [0.1, 0.15) is 5.78 Å². The number of hydrogen-bond acceptors (Lipinski definition) is 3. The molecule has 4 unspecified atom stereocenters. The molecule has 1 aromatic rings. The van der Waals surface area contributed by atoms with E-state index in [4.69, 9.17) is 0 Å². The van der Waals surface area contributed by atoms with Crippen LogP contribution in [0.2, 0.25) is 0 Å². The number of carbonyl (C=O) groups excluding carboxylic acids is 1. The zero-order valence-corrected chi connectivity index (χ0v) is 17.2. The van der Waals surface area contributed by atoms with Crippen molar-refractivity contribution in [1.82, 2.24) is 0 Å². The molecule has 3 nitrogen and oxygen atoms in total. The van der Waals surface area contributed by atoms with Gasteiger partial charge in [-0.15, -0.1) is 0 Å². The maximum absolute atomic E-state index is 11.2. The molecule has 2 aliphatic carbocycles. The zero-order chi connectivity index (χ0) is 19.3. The van der Waals surface area contributed by atoms with Gasteiger partial charge < -0.3 is 0 Å². The zero-order valence-electron chi connectivity index (χ0n) is 17.2. The van der Waals surface area contributed by atoms with Gasteiger partial charge in [-0.05, 0) is 56.1 Å². The smallest absolute Gasteiger partial charge is 0.134 e. The van der Waals surface area contributed by atoms with E-state index < -0.39 is 0 Å². The third-order valence-electron chi connectivity index (χ3n) is 5.73. The summed E-state index contributed by atoms with van der Waals surface area (Å²) in [5, 5.41) is 9.04. The van der Waals surface area contributed by atoms with Crippen LogP contribution in [0.5, 0.6) is 0 Å². The second-order valence-corrected chi connectivity index (χ2v) is 7.19. The number of rotatable bonds is 3. The van der Waals surface area contributed by atoms with E-state index in [1.807, 2.05) is 27.7 Å². The molecule has 0 saturated heterocycles. The van der Waals surface area contributed by atoms with Gasteiger partial charge in [-0.25, -0.2) is 0 Å². The first-order chi connectivity index (χ1) is 12.6. The number of fused-ring (bicyclic) bond motifs is 5. The number of ketones is 1. The van der Waals surface area contributed by atoms with Crippen LogP contribution in [0, 0.1) is 23.7 Å². The van der Waals surface area contributed by atoms with Crippen molar-refractivity contribution in [1.29, 1.82) is 0 Å². The van der Waals surface area contributed by atoms with Crippen molar-refractivity contribution in [3.05, 3.63) is 35.4 Å². The van der Waals surface area contributed by atoms with E-state index in [2.05, 4.69) is 41.4 Å². The molecule has 0 amide bonds. The summed E-state index contributed by atoms with van der Waals surface area (Å²) in [6, 6.07) is 8.37. The summed E-state index contributed by atoms with van der Waals surface area (Å²) in [6.07, 6.45) is 4.58. The van der Waals surface area contributed by atoms with Crippen LogP contribution in [0.3, 0.4) is 0 Å². The average Bonchev–Trinajstić information content (AvgIpc) is 3.28. The first kappa shape index (κ1) is 20.5. The molecule has 0 spiro atoms. The summed E-state index contributed by atoms with van der Waals surface area (Å²) in [5.74, 6) is 2.99. The minimum absolute atomic E-state index is 0.205. The standard InChI is InChI=1S/C19H22N2O.2C2H6/c1-11(22)9-13-3-5-14(6-4-13)19-18-16-8-7-15(10-16)17(18)12(2)20-21-19;2*1-2/h3-6,15-18H,7-10H2,1-2H3;2*1-2H3. The van der Waals surface area contributed by atoms with Crippen molar-refractivity contribution < 1.29 is 4.79 Å². The van der Waals surface area contributed by atoms with Crippen LogP contribution in [0.4, 0.5) is 0 Å². The van der Waals surface area contributed by atoms with Gasteiger partial charge in [0.15, 0.2) is 0 Å². The Kier molecular flexibility index (Phi) is 7.31. The summed E-state index contributed by atoms with van der Waals surface area (Å²) < 4.78 is 0. The predicted molar refractivity (Wildman–Crippen MR) is 111 cm³/mol. The Morgan fingerprint density at radius 3 is 2.12 bits per heavy atom. The monoisotopic (exact) mass is 354 g/mol. The topological polar surface area (TPSA) is 41.8 Å². The lowest BCUT2D eigenvalue weighted by atomic mass is 9.72. The number of benzene rings is 1. The fraction of sp³-hybridized carbons (Fsp3) is 0.609. The van der Waals surface area contributed by atoms with Gasteiger partial charge in [0.05, 0.1) is 5.71 Å².